The van der Waals surface area contributed by atoms with E-state index in [1.165, 1.54) is 11.3 Å². The first-order valence-electron chi connectivity index (χ1n) is 7.61. The third-order valence-electron chi connectivity index (χ3n) is 4.09. The number of fused-ring (bicyclic) bond motifs is 1. The summed E-state index contributed by atoms with van der Waals surface area (Å²) in [5, 5.41) is 5.66. The number of hydrogen-bond acceptors (Lipinski definition) is 3. The summed E-state index contributed by atoms with van der Waals surface area (Å²) >= 11 is 4.99. The first-order chi connectivity index (χ1) is 10.2. The number of nitrogens with one attached hydrogen (secondary N) is 2. The molecule has 0 saturated heterocycles. The molecule has 6 heteroatoms. The Hall–Kier alpha value is -1.69. The molecule has 112 valence electrons. The molecule has 0 fully saturated rings. The molecule has 0 amide bonds. The van der Waals surface area contributed by atoms with Gasteiger partial charge < -0.3 is 4.57 Å². The second kappa shape index (κ2) is 5.97. The predicted octanol–water partition coefficient (Wildman–Crippen LogP) is 2.97. The summed E-state index contributed by atoms with van der Waals surface area (Å²) in [6.45, 7) is 2.97. The van der Waals surface area contributed by atoms with E-state index in [0.29, 0.717) is 16.2 Å². The van der Waals surface area contributed by atoms with E-state index in [1.54, 1.807) is 0 Å². The van der Waals surface area contributed by atoms with Crippen LogP contribution in [0.2, 0.25) is 0 Å². The Morgan fingerprint density at radius 3 is 2.90 bits per heavy atom. The minimum atomic E-state index is 0.0458. The summed E-state index contributed by atoms with van der Waals surface area (Å²) in [6.07, 6.45) is 6.53. The normalized spacial score (nSPS) is 13.6. The molecule has 0 unspecified atom stereocenters. The summed E-state index contributed by atoms with van der Waals surface area (Å²) < 4.78 is 2.33. The highest BCUT2D eigenvalue weighted by Gasteiger charge is 2.20. The monoisotopic (exact) mass is 304 g/mol. The van der Waals surface area contributed by atoms with Gasteiger partial charge in [0.25, 0.3) is 5.56 Å². The maximum atomic E-state index is 12.8. The van der Waals surface area contributed by atoms with Gasteiger partial charge in [0.2, 0.25) is 4.77 Å². The molecule has 0 spiro atoms. The first kappa shape index (κ1) is 14.3. The van der Waals surface area contributed by atoms with Crippen LogP contribution in [0.15, 0.2) is 10.9 Å². The van der Waals surface area contributed by atoms with Crippen molar-refractivity contribution in [2.24, 2.45) is 0 Å². The van der Waals surface area contributed by atoms with E-state index in [-0.39, 0.29) is 5.56 Å². The van der Waals surface area contributed by atoms with Crippen LogP contribution in [0.3, 0.4) is 0 Å². The molecule has 2 aromatic rings. The number of H-pyrrole nitrogens is 2. The number of pyridine rings is 1. The van der Waals surface area contributed by atoms with E-state index < -0.39 is 0 Å². The van der Waals surface area contributed by atoms with Crippen LogP contribution in [0, 0.1) is 4.77 Å². The second-order valence-electron chi connectivity index (χ2n) is 5.56. The van der Waals surface area contributed by atoms with Crippen LogP contribution >= 0.6 is 12.2 Å². The van der Waals surface area contributed by atoms with Crippen molar-refractivity contribution in [3.8, 4) is 11.4 Å². The Morgan fingerprint density at radius 2 is 2.19 bits per heavy atom. The summed E-state index contributed by atoms with van der Waals surface area (Å²) in [5.74, 6) is 0.545. The number of unbranched alkanes of at least 4 members (excludes halogenated alkanes) is 2. The molecule has 0 aliphatic heterocycles. The van der Waals surface area contributed by atoms with Gasteiger partial charge in [0.1, 0.15) is 0 Å². The topological polar surface area (TPSA) is 66.5 Å². The Balaban J connectivity index is 2.08. The minimum Gasteiger partial charge on any atom is -0.312 e. The number of aromatic nitrogens is 4. The molecule has 0 aromatic carbocycles. The van der Waals surface area contributed by atoms with E-state index in [9.17, 15) is 4.79 Å². The number of aromatic amines is 2. The van der Waals surface area contributed by atoms with Crippen molar-refractivity contribution in [3.63, 3.8) is 0 Å². The third kappa shape index (κ3) is 2.72. The molecule has 0 radical (unpaired) electrons. The van der Waals surface area contributed by atoms with Gasteiger partial charge in [0, 0.05) is 12.2 Å². The maximum Gasteiger partial charge on any atom is 0.261 e. The van der Waals surface area contributed by atoms with Gasteiger partial charge in [-0.25, -0.2) is 0 Å². The van der Waals surface area contributed by atoms with Crippen LogP contribution in [-0.2, 0) is 19.4 Å². The summed E-state index contributed by atoms with van der Waals surface area (Å²) in [6, 6.07) is 1.99. The van der Waals surface area contributed by atoms with E-state index in [0.717, 1.165) is 45.1 Å². The van der Waals surface area contributed by atoms with Crippen molar-refractivity contribution in [3.05, 3.63) is 32.4 Å². The molecule has 3 rings (SSSR count). The molecular weight excluding hydrogens is 284 g/mol. The van der Waals surface area contributed by atoms with Crippen LogP contribution < -0.4 is 5.56 Å². The van der Waals surface area contributed by atoms with Crippen molar-refractivity contribution < 1.29 is 0 Å². The molecule has 21 heavy (non-hydrogen) atoms. The summed E-state index contributed by atoms with van der Waals surface area (Å²) in [5.41, 5.74) is 3.17. The maximum absolute atomic E-state index is 12.8. The fourth-order valence-electron chi connectivity index (χ4n) is 3.04. The third-order valence-corrected chi connectivity index (χ3v) is 4.29. The molecule has 1 aliphatic carbocycles. The smallest absolute Gasteiger partial charge is 0.261 e. The number of nitrogens with zero attached hydrogens (tertiary/aromatic N) is 2. The van der Waals surface area contributed by atoms with Gasteiger partial charge in [-0.2, -0.15) is 4.98 Å². The first-order valence-corrected chi connectivity index (χ1v) is 8.02. The number of aryl methyl sites for hydroxylation is 1. The molecule has 1 aliphatic rings. The standard InChI is InChI=1S/C15H20N4OS/c1-2-3-4-8-19-12-7-5-6-10(12)9-11(14(19)20)13-16-15(21)18-17-13/h9H,2-8H2,1H3,(H2,16,17,18,21). The van der Waals surface area contributed by atoms with E-state index in [2.05, 4.69) is 22.1 Å². The van der Waals surface area contributed by atoms with Crippen molar-refractivity contribution in [2.45, 2.75) is 52.0 Å². The fourth-order valence-corrected chi connectivity index (χ4v) is 3.18. The minimum absolute atomic E-state index is 0.0458. The van der Waals surface area contributed by atoms with Gasteiger partial charge in [-0.15, -0.1) is 0 Å². The van der Waals surface area contributed by atoms with E-state index >= 15 is 0 Å². The van der Waals surface area contributed by atoms with E-state index in [1.807, 2.05) is 10.6 Å². The quantitative estimate of drug-likeness (QED) is 0.659. The largest absolute Gasteiger partial charge is 0.312 e. The lowest BCUT2D eigenvalue weighted by Gasteiger charge is -2.13. The van der Waals surface area contributed by atoms with Crippen LogP contribution in [0.25, 0.3) is 11.4 Å². The Labute approximate surface area is 128 Å². The molecule has 2 N–H and O–H groups in total. The lowest BCUT2D eigenvalue weighted by molar-refractivity contribution is 0.570. The van der Waals surface area contributed by atoms with Crippen LogP contribution in [0.1, 0.15) is 43.9 Å². The van der Waals surface area contributed by atoms with Gasteiger partial charge in [-0.05, 0) is 49.5 Å². The van der Waals surface area contributed by atoms with Crippen molar-refractivity contribution in [2.75, 3.05) is 0 Å². The average Bonchev–Trinajstić information content (AvgIpc) is 3.09. The average molecular weight is 304 g/mol. The molecule has 5 nitrogen and oxygen atoms in total. The van der Waals surface area contributed by atoms with Gasteiger partial charge in [0.15, 0.2) is 5.82 Å². The highest BCUT2D eigenvalue weighted by Crippen LogP contribution is 2.24. The zero-order chi connectivity index (χ0) is 14.8. The van der Waals surface area contributed by atoms with Crippen LogP contribution in [0.5, 0.6) is 0 Å². The second-order valence-corrected chi connectivity index (χ2v) is 5.95. The SMILES string of the molecule is CCCCCn1c2c(cc(-c3nc(=S)[nH][nH]3)c1=O)CCC2. The Kier molecular flexibility index (Phi) is 4.05. The highest BCUT2D eigenvalue weighted by atomic mass is 32.1. The predicted molar refractivity (Wildman–Crippen MR) is 85.0 cm³/mol. The van der Waals surface area contributed by atoms with E-state index in [4.69, 9.17) is 12.2 Å². The fraction of sp³-hybridized carbons (Fsp3) is 0.533. The van der Waals surface area contributed by atoms with Crippen LogP contribution in [0.4, 0.5) is 0 Å². The molecule has 2 aromatic heterocycles. The lowest BCUT2D eigenvalue weighted by atomic mass is 10.1. The molecule has 0 atom stereocenters. The van der Waals surface area contributed by atoms with Gasteiger partial charge in [-0.1, -0.05) is 19.8 Å². The Morgan fingerprint density at radius 1 is 1.33 bits per heavy atom. The van der Waals surface area contributed by atoms with Gasteiger partial charge >= 0.3 is 0 Å². The Bertz CT molecular complexity index is 756. The van der Waals surface area contributed by atoms with Crippen molar-refractivity contribution >= 4 is 12.2 Å². The molecular formula is C15H20N4OS. The zero-order valence-corrected chi connectivity index (χ0v) is 13.1. The molecule has 0 saturated carbocycles. The lowest BCUT2D eigenvalue weighted by Crippen LogP contribution is -2.25. The van der Waals surface area contributed by atoms with Crippen molar-refractivity contribution in [1.29, 1.82) is 0 Å². The molecule has 2 heterocycles. The van der Waals surface area contributed by atoms with Gasteiger partial charge in [0.05, 0.1) is 5.56 Å². The number of rotatable bonds is 5. The van der Waals surface area contributed by atoms with Crippen LogP contribution in [-0.4, -0.2) is 19.7 Å². The highest BCUT2D eigenvalue weighted by molar-refractivity contribution is 7.71. The summed E-state index contributed by atoms with van der Waals surface area (Å²) in [4.78, 5) is 17.0. The zero-order valence-electron chi connectivity index (χ0n) is 12.2. The summed E-state index contributed by atoms with van der Waals surface area (Å²) in [7, 11) is 0. The van der Waals surface area contributed by atoms with Gasteiger partial charge in [-0.3, -0.25) is 15.0 Å². The van der Waals surface area contributed by atoms with Crippen molar-refractivity contribution in [1.82, 2.24) is 19.7 Å². The number of hydrogen-bond donors (Lipinski definition) is 2. The molecule has 0 bridgehead atoms.